The van der Waals surface area contributed by atoms with Gasteiger partial charge in [0.05, 0.1) is 27.7 Å². The number of carbonyl (C=O) groups excluding carboxylic acids is 2. The van der Waals surface area contributed by atoms with Gasteiger partial charge in [-0.3, -0.25) is 14.2 Å². The summed E-state index contributed by atoms with van der Waals surface area (Å²) in [5.41, 5.74) is 0. The molecule has 0 fully saturated rings. The number of esters is 2. The number of phosphoric ester groups is 1. The molecular formula is C43H80NO8P. The minimum absolute atomic E-state index is 0.0341. The van der Waals surface area contributed by atoms with E-state index in [1.54, 1.807) is 0 Å². The summed E-state index contributed by atoms with van der Waals surface area (Å²) in [7, 11) is 1.15. The van der Waals surface area contributed by atoms with E-state index in [-0.39, 0.29) is 26.1 Å². The Morgan fingerprint density at radius 2 is 1.02 bits per heavy atom. The number of hydrogen-bond acceptors (Lipinski definition) is 8. The Kier molecular flexibility index (Phi) is 34.7. The zero-order valence-electron chi connectivity index (χ0n) is 34.7. The Morgan fingerprint density at radius 3 is 1.55 bits per heavy atom. The highest BCUT2D eigenvalue weighted by molar-refractivity contribution is 7.45. The molecule has 0 N–H and O–H groups in total. The smallest absolute Gasteiger partial charge is 0.306 e. The third-order valence-corrected chi connectivity index (χ3v) is 9.88. The van der Waals surface area contributed by atoms with Crippen molar-refractivity contribution in [2.24, 2.45) is 0 Å². The largest absolute Gasteiger partial charge is 0.756 e. The zero-order valence-corrected chi connectivity index (χ0v) is 35.6. The van der Waals surface area contributed by atoms with E-state index in [1.165, 1.54) is 77.0 Å². The molecule has 9 nitrogen and oxygen atoms in total. The normalized spacial score (nSPS) is 14.0. The van der Waals surface area contributed by atoms with Crippen molar-refractivity contribution in [1.82, 2.24) is 0 Å². The fourth-order valence-corrected chi connectivity index (χ4v) is 6.27. The predicted octanol–water partition coefficient (Wildman–Crippen LogP) is 11.1. The van der Waals surface area contributed by atoms with Gasteiger partial charge in [-0.1, -0.05) is 147 Å². The lowest BCUT2D eigenvalue weighted by Gasteiger charge is -2.28. The predicted molar refractivity (Wildman–Crippen MR) is 217 cm³/mol. The summed E-state index contributed by atoms with van der Waals surface area (Å²) in [6, 6.07) is 0. The zero-order chi connectivity index (χ0) is 39.3. The molecule has 0 aliphatic rings. The first-order valence-corrected chi connectivity index (χ1v) is 22.7. The van der Waals surface area contributed by atoms with E-state index in [0.29, 0.717) is 23.9 Å². The molecule has 0 amide bonds. The van der Waals surface area contributed by atoms with Crippen LogP contribution in [-0.4, -0.2) is 70.0 Å². The summed E-state index contributed by atoms with van der Waals surface area (Å²) >= 11 is 0. The van der Waals surface area contributed by atoms with Gasteiger partial charge in [0.2, 0.25) is 0 Å². The Balaban J connectivity index is 4.41. The second-order valence-corrected chi connectivity index (χ2v) is 16.8. The van der Waals surface area contributed by atoms with E-state index in [0.717, 1.165) is 57.8 Å². The van der Waals surface area contributed by atoms with Gasteiger partial charge in [0.15, 0.2) is 6.10 Å². The molecule has 1 unspecified atom stereocenters. The van der Waals surface area contributed by atoms with Crippen LogP contribution in [0.1, 0.15) is 174 Å². The fraction of sp³-hybridized carbons (Fsp3) is 0.814. The van der Waals surface area contributed by atoms with Crippen molar-refractivity contribution in [2.75, 3.05) is 47.5 Å². The molecule has 310 valence electrons. The summed E-state index contributed by atoms with van der Waals surface area (Å²) in [4.78, 5) is 37.4. The lowest BCUT2D eigenvalue weighted by atomic mass is 10.0. The number of hydrogen-bond donors (Lipinski definition) is 0. The molecule has 0 aromatic carbocycles. The molecule has 2 atom stereocenters. The van der Waals surface area contributed by atoms with Gasteiger partial charge < -0.3 is 27.9 Å². The van der Waals surface area contributed by atoms with Crippen LogP contribution in [0.5, 0.6) is 0 Å². The molecule has 0 rings (SSSR count). The molecule has 0 aliphatic carbocycles. The van der Waals surface area contributed by atoms with Crippen LogP contribution in [0.3, 0.4) is 0 Å². The maximum atomic E-state index is 12.6. The molecule has 0 spiro atoms. The third-order valence-electron chi connectivity index (χ3n) is 8.91. The van der Waals surface area contributed by atoms with Gasteiger partial charge in [0.25, 0.3) is 7.82 Å². The average molecular weight is 770 g/mol. The Bertz CT molecular complexity index is 1010. The number of likely N-dealkylation sites (N-methyl/N-ethyl adjacent to an activating group) is 1. The number of rotatable bonds is 38. The average Bonchev–Trinajstić information content (AvgIpc) is 3.10. The van der Waals surface area contributed by atoms with Crippen LogP contribution in [0.15, 0.2) is 36.5 Å². The van der Waals surface area contributed by atoms with Crippen LogP contribution in [-0.2, 0) is 32.7 Å². The van der Waals surface area contributed by atoms with E-state index >= 15 is 0 Å². The number of allylic oxidation sites excluding steroid dienone is 6. The van der Waals surface area contributed by atoms with E-state index in [4.69, 9.17) is 18.5 Å². The van der Waals surface area contributed by atoms with Crippen molar-refractivity contribution in [3.8, 4) is 0 Å². The number of ether oxygens (including phenoxy) is 2. The fourth-order valence-electron chi connectivity index (χ4n) is 5.54. The highest BCUT2D eigenvalue weighted by Crippen LogP contribution is 2.38. The molecule has 0 saturated heterocycles. The van der Waals surface area contributed by atoms with Gasteiger partial charge in [-0.05, 0) is 51.4 Å². The van der Waals surface area contributed by atoms with E-state index < -0.39 is 32.5 Å². The van der Waals surface area contributed by atoms with Gasteiger partial charge in [0, 0.05) is 12.8 Å². The molecular weight excluding hydrogens is 689 g/mol. The molecule has 10 heteroatoms. The van der Waals surface area contributed by atoms with Crippen LogP contribution >= 0.6 is 7.82 Å². The minimum atomic E-state index is -4.62. The molecule has 0 bridgehead atoms. The Hall–Kier alpha value is -1.77. The van der Waals surface area contributed by atoms with Crippen molar-refractivity contribution in [3.63, 3.8) is 0 Å². The van der Waals surface area contributed by atoms with Crippen LogP contribution in [0.4, 0.5) is 0 Å². The summed E-state index contributed by atoms with van der Waals surface area (Å²) in [6.07, 6.45) is 38.8. The molecule has 0 radical (unpaired) electrons. The molecule has 53 heavy (non-hydrogen) atoms. The molecule has 0 aromatic heterocycles. The topological polar surface area (TPSA) is 111 Å². The highest BCUT2D eigenvalue weighted by atomic mass is 31.2. The quantitative estimate of drug-likeness (QED) is 0.0201. The molecule has 0 heterocycles. The van der Waals surface area contributed by atoms with Crippen LogP contribution in [0.2, 0.25) is 0 Å². The van der Waals surface area contributed by atoms with Gasteiger partial charge in [-0.15, -0.1) is 0 Å². The SMILES string of the molecule is CCCCC/C=C/C/C=C/C/C=C/CCCCCCC(=O)OC[C@@H](COP(=O)([O-])OCC[N+](C)(C)C)OC(=O)CCCCCCCCCCCCCC. The Morgan fingerprint density at radius 1 is 0.585 bits per heavy atom. The highest BCUT2D eigenvalue weighted by Gasteiger charge is 2.21. The third kappa shape index (κ3) is 39.7. The first kappa shape index (κ1) is 51.2. The van der Waals surface area contributed by atoms with Crippen LogP contribution in [0, 0.1) is 0 Å². The Labute approximate surface area is 325 Å². The van der Waals surface area contributed by atoms with Gasteiger partial charge >= 0.3 is 11.9 Å². The maximum absolute atomic E-state index is 12.6. The van der Waals surface area contributed by atoms with Crippen molar-refractivity contribution >= 4 is 19.8 Å². The van der Waals surface area contributed by atoms with Crippen LogP contribution < -0.4 is 4.89 Å². The summed E-state index contributed by atoms with van der Waals surface area (Å²) < 4.78 is 33.8. The summed E-state index contributed by atoms with van der Waals surface area (Å²) in [5, 5.41) is 0. The summed E-state index contributed by atoms with van der Waals surface area (Å²) in [5.74, 6) is -0.859. The number of carbonyl (C=O) groups is 2. The number of unbranched alkanes of at least 4 members (excludes halogenated alkanes) is 18. The van der Waals surface area contributed by atoms with Crippen molar-refractivity contribution < 1.29 is 42.1 Å². The second-order valence-electron chi connectivity index (χ2n) is 15.4. The number of nitrogens with zero attached hydrogens (tertiary/aromatic N) is 1. The molecule has 0 aromatic rings. The lowest BCUT2D eigenvalue weighted by molar-refractivity contribution is -0.870. The van der Waals surface area contributed by atoms with E-state index in [9.17, 15) is 19.0 Å². The van der Waals surface area contributed by atoms with E-state index in [2.05, 4.69) is 50.3 Å². The lowest BCUT2D eigenvalue weighted by Crippen LogP contribution is -2.37. The number of quaternary nitrogens is 1. The standard InChI is InChI=1S/C43H80NO8P/c1-6-8-10-12-14-16-18-20-21-22-23-24-26-27-29-31-33-35-42(45)49-39-41(40-51-53(47,48)50-38-37-44(3,4)5)52-43(46)36-34-32-30-28-25-19-17-15-13-11-9-7-2/h14,16,20-21,23-24,41H,6-13,15,17-19,22,25-40H2,1-5H3/b16-14+,21-20+,24-23+/t41-/m0/s1. The first-order chi connectivity index (χ1) is 25.5. The van der Waals surface area contributed by atoms with Crippen molar-refractivity contribution in [2.45, 2.75) is 180 Å². The van der Waals surface area contributed by atoms with E-state index in [1.807, 2.05) is 21.1 Å². The first-order valence-electron chi connectivity index (χ1n) is 21.2. The van der Waals surface area contributed by atoms with Gasteiger partial charge in [-0.2, -0.15) is 0 Å². The number of phosphoric acid groups is 1. The minimum Gasteiger partial charge on any atom is -0.756 e. The van der Waals surface area contributed by atoms with Crippen molar-refractivity contribution in [1.29, 1.82) is 0 Å². The molecule has 0 aliphatic heterocycles. The van der Waals surface area contributed by atoms with Gasteiger partial charge in [0.1, 0.15) is 19.8 Å². The van der Waals surface area contributed by atoms with Gasteiger partial charge in [-0.25, -0.2) is 0 Å². The van der Waals surface area contributed by atoms with Crippen molar-refractivity contribution in [3.05, 3.63) is 36.5 Å². The molecule has 0 saturated carbocycles. The monoisotopic (exact) mass is 770 g/mol. The van der Waals surface area contributed by atoms with Crippen LogP contribution in [0.25, 0.3) is 0 Å². The summed E-state index contributed by atoms with van der Waals surface area (Å²) in [6.45, 7) is 4.16. The second kappa shape index (κ2) is 35.9. The maximum Gasteiger partial charge on any atom is 0.306 e.